The Bertz CT molecular complexity index is 629. The van der Waals surface area contributed by atoms with Crippen molar-refractivity contribution in [2.75, 3.05) is 26.0 Å². The third-order valence-corrected chi connectivity index (χ3v) is 3.85. The first-order valence-electron chi connectivity index (χ1n) is 7.31. The van der Waals surface area contributed by atoms with Gasteiger partial charge in [-0.25, -0.2) is 4.79 Å². The Labute approximate surface area is 134 Å². The number of likely N-dealkylation sites (tertiary alicyclic amines) is 1. The molecule has 0 radical (unpaired) electrons. The highest BCUT2D eigenvalue weighted by Gasteiger charge is 2.28. The summed E-state index contributed by atoms with van der Waals surface area (Å²) in [5.41, 5.74) is 1.13. The first kappa shape index (κ1) is 17.0. The molecule has 2 rings (SSSR count). The van der Waals surface area contributed by atoms with Gasteiger partial charge in [-0.05, 0) is 30.2 Å². The zero-order chi connectivity index (χ0) is 17.0. The van der Waals surface area contributed by atoms with E-state index in [1.165, 1.54) is 19.2 Å². The van der Waals surface area contributed by atoms with Crippen LogP contribution >= 0.6 is 0 Å². The minimum absolute atomic E-state index is 0.0595. The number of ether oxygens (including phenoxy) is 1. The van der Waals surface area contributed by atoms with Crippen molar-refractivity contribution in [3.8, 4) is 0 Å². The SMILES string of the molecule is COCc1cc(NC(=O)C2CCN(C)C(=O)C2)cc(C(=O)O)c1. The van der Waals surface area contributed by atoms with Crippen LogP contribution in [-0.2, 0) is 20.9 Å². The van der Waals surface area contributed by atoms with Gasteiger partial charge in [-0.2, -0.15) is 0 Å². The molecule has 1 atom stereocenters. The molecule has 2 amide bonds. The van der Waals surface area contributed by atoms with Gasteiger partial charge in [0.1, 0.15) is 0 Å². The molecule has 0 saturated carbocycles. The van der Waals surface area contributed by atoms with Crippen LogP contribution in [-0.4, -0.2) is 48.5 Å². The van der Waals surface area contributed by atoms with Gasteiger partial charge in [-0.1, -0.05) is 0 Å². The number of anilines is 1. The molecule has 1 heterocycles. The summed E-state index contributed by atoms with van der Waals surface area (Å²) in [5.74, 6) is -1.79. The number of piperidine rings is 1. The summed E-state index contributed by atoms with van der Waals surface area (Å²) in [6.45, 7) is 0.789. The maximum absolute atomic E-state index is 12.3. The number of carbonyl (C=O) groups excluding carboxylic acids is 2. The molecule has 1 aliphatic heterocycles. The fourth-order valence-corrected chi connectivity index (χ4v) is 2.55. The molecule has 2 N–H and O–H groups in total. The van der Waals surface area contributed by atoms with Crippen LogP contribution in [0.15, 0.2) is 18.2 Å². The fourth-order valence-electron chi connectivity index (χ4n) is 2.55. The van der Waals surface area contributed by atoms with Crippen LogP contribution in [0.4, 0.5) is 5.69 Å². The van der Waals surface area contributed by atoms with E-state index in [0.29, 0.717) is 24.2 Å². The predicted octanol–water partition coefficient (Wildman–Crippen LogP) is 1.34. The minimum Gasteiger partial charge on any atom is -0.478 e. The Kier molecular flexibility index (Phi) is 5.33. The van der Waals surface area contributed by atoms with Crippen molar-refractivity contribution in [1.82, 2.24) is 4.90 Å². The number of amides is 2. The number of benzene rings is 1. The lowest BCUT2D eigenvalue weighted by molar-refractivity contribution is -0.137. The lowest BCUT2D eigenvalue weighted by Gasteiger charge is -2.28. The number of nitrogens with zero attached hydrogens (tertiary/aromatic N) is 1. The second-order valence-electron chi connectivity index (χ2n) is 5.65. The second kappa shape index (κ2) is 7.23. The van der Waals surface area contributed by atoms with E-state index in [4.69, 9.17) is 9.84 Å². The molecule has 23 heavy (non-hydrogen) atoms. The molecule has 0 spiro atoms. The maximum Gasteiger partial charge on any atom is 0.335 e. The molecule has 124 valence electrons. The normalized spacial score (nSPS) is 17.9. The number of hydrogen-bond acceptors (Lipinski definition) is 4. The number of carbonyl (C=O) groups is 3. The number of nitrogens with one attached hydrogen (secondary N) is 1. The molecule has 1 aliphatic rings. The van der Waals surface area contributed by atoms with Crippen LogP contribution in [0.3, 0.4) is 0 Å². The van der Waals surface area contributed by atoms with E-state index in [9.17, 15) is 14.4 Å². The first-order valence-corrected chi connectivity index (χ1v) is 7.31. The number of methoxy groups -OCH3 is 1. The van der Waals surface area contributed by atoms with E-state index in [2.05, 4.69) is 5.32 Å². The molecule has 1 aromatic carbocycles. The molecule has 7 nitrogen and oxygen atoms in total. The third kappa shape index (κ3) is 4.29. The lowest BCUT2D eigenvalue weighted by atomic mass is 9.95. The average molecular weight is 320 g/mol. The summed E-state index contributed by atoms with van der Waals surface area (Å²) < 4.78 is 5.01. The monoisotopic (exact) mass is 320 g/mol. The Balaban J connectivity index is 2.13. The van der Waals surface area contributed by atoms with Crippen molar-refractivity contribution in [3.63, 3.8) is 0 Å². The molecule has 0 bridgehead atoms. The predicted molar refractivity (Wildman–Crippen MR) is 83.1 cm³/mol. The van der Waals surface area contributed by atoms with Gasteiger partial charge < -0.3 is 20.1 Å². The summed E-state index contributed by atoms with van der Waals surface area (Å²) in [6, 6.07) is 4.57. The standard InChI is InChI=1S/C16H20N2O5/c1-18-4-3-11(8-14(18)19)15(20)17-13-6-10(9-23-2)5-12(7-13)16(21)22/h5-7,11H,3-4,8-9H2,1-2H3,(H,17,20)(H,21,22). The summed E-state index contributed by atoms with van der Waals surface area (Å²) >= 11 is 0. The largest absolute Gasteiger partial charge is 0.478 e. The second-order valence-corrected chi connectivity index (χ2v) is 5.65. The van der Waals surface area contributed by atoms with Crippen LogP contribution in [0.25, 0.3) is 0 Å². The van der Waals surface area contributed by atoms with E-state index >= 15 is 0 Å². The molecule has 0 aromatic heterocycles. The van der Waals surface area contributed by atoms with Crippen LogP contribution in [0.5, 0.6) is 0 Å². The molecule has 1 fully saturated rings. The van der Waals surface area contributed by atoms with Crippen LogP contribution in [0.2, 0.25) is 0 Å². The Morgan fingerprint density at radius 1 is 1.39 bits per heavy atom. The van der Waals surface area contributed by atoms with E-state index in [-0.39, 0.29) is 30.4 Å². The van der Waals surface area contributed by atoms with Gasteiger partial charge in [0.05, 0.1) is 12.2 Å². The zero-order valence-electron chi connectivity index (χ0n) is 13.2. The third-order valence-electron chi connectivity index (χ3n) is 3.85. The van der Waals surface area contributed by atoms with Gasteiger partial charge in [0, 0.05) is 38.7 Å². The van der Waals surface area contributed by atoms with Crippen molar-refractivity contribution in [3.05, 3.63) is 29.3 Å². The van der Waals surface area contributed by atoms with Crippen LogP contribution in [0, 0.1) is 5.92 Å². The van der Waals surface area contributed by atoms with Crippen LogP contribution < -0.4 is 5.32 Å². The first-order chi connectivity index (χ1) is 10.9. The smallest absolute Gasteiger partial charge is 0.335 e. The number of carboxylic acid groups (broad SMARTS) is 1. The number of rotatable bonds is 5. The van der Waals surface area contributed by atoms with E-state index < -0.39 is 11.9 Å². The maximum atomic E-state index is 12.3. The highest BCUT2D eigenvalue weighted by Crippen LogP contribution is 2.21. The van der Waals surface area contributed by atoms with Gasteiger partial charge in [0.15, 0.2) is 0 Å². The topological polar surface area (TPSA) is 95.9 Å². The Morgan fingerprint density at radius 3 is 2.74 bits per heavy atom. The van der Waals surface area contributed by atoms with Crippen molar-refractivity contribution in [2.45, 2.75) is 19.4 Å². The van der Waals surface area contributed by atoms with Gasteiger partial charge >= 0.3 is 5.97 Å². The van der Waals surface area contributed by atoms with Gasteiger partial charge in [-0.3, -0.25) is 9.59 Å². The summed E-state index contributed by atoms with van der Waals surface area (Å²) in [5, 5.41) is 11.9. The number of carboxylic acids is 1. The fraction of sp³-hybridized carbons (Fsp3) is 0.438. The van der Waals surface area contributed by atoms with Crippen molar-refractivity contribution >= 4 is 23.5 Å². The van der Waals surface area contributed by atoms with E-state index in [1.54, 1.807) is 18.0 Å². The average Bonchev–Trinajstić information content (AvgIpc) is 2.50. The van der Waals surface area contributed by atoms with Crippen molar-refractivity contribution in [2.24, 2.45) is 5.92 Å². The highest BCUT2D eigenvalue weighted by atomic mass is 16.5. The van der Waals surface area contributed by atoms with Gasteiger partial charge in [0.2, 0.25) is 11.8 Å². The minimum atomic E-state index is -1.08. The zero-order valence-corrected chi connectivity index (χ0v) is 13.2. The molecule has 1 unspecified atom stereocenters. The molecule has 7 heteroatoms. The quantitative estimate of drug-likeness (QED) is 0.853. The molecule has 1 saturated heterocycles. The van der Waals surface area contributed by atoms with Gasteiger partial charge in [0.25, 0.3) is 0 Å². The summed E-state index contributed by atoms with van der Waals surface area (Å²) in [7, 11) is 3.22. The van der Waals surface area contributed by atoms with Crippen molar-refractivity contribution in [1.29, 1.82) is 0 Å². The molecular formula is C16H20N2O5. The van der Waals surface area contributed by atoms with Crippen molar-refractivity contribution < 1.29 is 24.2 Å². The Hall–Kier alpha value is -2.41. The summed E-state index contributed by atoms with van der Waals surface area (Å²) in [6.07, 6.45) is 0.767. The molecule has 1 aromatic rings. The van der Waals surface area contributed by atoms with E-state index in [1.807, 2.05) is 0 Å². The number of hydrogen-bond donors (Lipinski definition) is 2. The van der Waals surface area contributed by atoms with E-state index in [0.717, 1.165) is 0 Å². The lowest BCUT2D eigenvalue weighted by Crippen LogP contribution is -2.39. The number of aromatic carboxylic acids is 1. The highest BCUT2D eigenvalue weighted by molar-refractivity contribution is 5.97. The summed E-state index contributed by atoms with van der Waals surface area (Å²) in [4.78, 5) is 36.8. The Morgan fingerprint density at radius 2 is 2.13 bits per heavy atom. The van der Waals surface area contributed by atoms with Gasteiger partial charge in [-0.15, -0.1) is 0 Å². The molecular weight excluding hydrogens is 300 g/mol. The van der Waals surface area contributed by atoms with Crippen LogP contribution in [0.1, 0.15) is 28.8 Å². The molecule has 0 aliphatic carbocycles.